The lowest BCUT2D eigenvalue weighted by Crippen LogP contribution is -2.41. The van der Waals surface area contributed by atoms with Crippen LogP contribution in [0.5, 0.6) is 5.75 Å². The molecular formula is C22H25FN2O8S. The molecule has 10 nitrogen and oxygen atoms in total. The van der Waals surface area contributed by atoms with Crippen molar-refractivity contribution in [2.45, 2.75) is 43.9 Å². The summed E-state index contributed by atoms with van der Waals surface area (Å²) < 4.78 is 55.9. The first-order valence-electron chi connectivity index (χ1n) is 11.1. The molecule has 1 saturated carbocycles. The Morgan fingerprint density at radius 3 is 2.74 bits per heavy atom. The van der Waals surface area contributed by atoms with Gasteiger partial charge in [0.2, 0.25) is 5.43 Å². The van der Waals surface area contributed by atoms with Gasteiger partial charge in [-0.3, -0.25) is 8.98 Å². The zero-order valence-corrected chi connectivity index (χ0v) is 19.6. The average Bonchev–Trinajstić information content (AvgIpc) is 3.54. The van der Waals surface area contributed by atoms with Crippen molar-refractivity contribution >= 4 is 32.7 Å². The van der Waals surface area contributed by atoms with Crippen molar-refractivity contribution in [3.05, 3.63) is 33.9 Å². The van der Waals surface area contributed by atoms with E-state index in [9.17, 15) is 23.1 Å². The van der Waals surface area contributed by atoms with Gasteiger partial charge < -0.3 is 24.0 Å². The largest absolute Gasteiger partial charge is 0.487 e. The minimum atomic E-state index is -3.77. The summed E-state index contributed by atoms with van der Waals surface area (Å²) in [6.45, 7) is 1.31. The van der Waals surface area contributed by atoms with Crippen LogP contribution in [-0.4, -0.2) is 68.3 Å². The fraction of sp³-hybridized carbons (Fsp3) is 0.545. The number of halogens is 1. The molecule has 2 aromatic rings. The van der Waals surface area contributed by atoms with E-state index >= 15 is 4.39 Å². The van der Waals surface area contributed by atoms with E-state index in [0.717, 1.165) is 25.2 Å². The summed E-state index contributed by atoms with van der Waals surface area (Å²) in [7, 11) is -3.77. The predicted octanol–water partition coefficient (Wildman–Crippen LogP) is 1.33. The van der Waals surface area contributed by atoms with Gasteiger partial charge in [0.05, 0.1) is 36.4 Å². The third-order valence-corrected chi connectivity index (χ3v) is 6.95. The van der Waals surface area contributed by atoms with Crippen LogP contribution < -0.4 is 15.1 Å². The maximum absolute atomic E-state index is 15.5. The highest BCUT2D eigenvalue weighted by atomic mass is 32.2. The molecule has 0 amide bonds. The molecule has 3 aliphatic rings. The Balaban J connectivity index is 1.63. The third kappa shape index (κ3) is 3.93. The number of fused-ring (bicyclic) bond motifs is 5. The van der Waals surface area contributed by atoms with Crippen LogP contribution >= 0.6 is 0 Å². The Kier molecular flexibility index (Phi) is 5.37. The van der Waals surface area contributed by atoms with E-state index in [1.165, 1.54) is 6.20 Å². The van der Waals surface area contributed by atoms with E-state index in [0.29, 0.717) is 5.52 Å². The maximum Gasteiger partial charge on any atom is 0.343 e. The van der Waals surface area contributed by atoms with Crippen LogP contribution in [0.4, 0.5) is 10.1 Å². The summed E-state index contributed by atoms with van der Waals surface area (Å²) in [5.41, 5.74) is -1.85. The highest BCUT2D eigenvalue weighted by Gasteiger charge is 2.48. The third-order valence-electron chi connectivity index (χ3n) is 6.40. The Morgan fingerprint density at radius 1 is 1.35 bits per heavy atom. The van der Waals surface area contributed by atoms with Crippen molar-refractivity contribution in [3.63, 3.8) is 0 Å². The molecule has 1 aromatic heterocycles. The minimum Gasteiger partial charge on any atom is -0.487 e. The second kappa shape index (κ2) is 7.92. The molecule has 1 aliphatic carbocycles. The quantitative estimate of drug-likeness (QED) is 0.466. The fourth-order valence-corrected chi connectivity index (χ4v) is 5.25. The second-order valence-corrected chi connectivity index (χ2v) is 10.8. The molecule has 1 N–H and O–H groups in total. The van der Waals surface area contributed by atoms with Crippen molar-refractivity contribution in [2.75, 3.05) is 37.5 Å². The zero-order chi connectivity index (χ0) is 24.4. The summed E-state index contributed by atoms with van der Waals surface area (Å²) in [6, 6.07) is 0.715. The van der Waals surface area contributed by atoms with Gasteiger partial charge in [-0.2, -0.15) is 8.42 Å². The molecule has 0 unspecified atom stereocenters. The monoisotopic (exact) mass is 496 g/mol. The van der Waals surface area contributed by atoms with Crippen LogP contribution in [0.1, 0.15) is 42.6 Å². The van der Waals surface area contributed by atoms with Gasteiger partial charge in [-0.05, 0) is 25.8 Å². The first kappa shape index (κ1) is 23.1. The molecule has 1 saturated heterocycles. The lowest BCUT2D eigenvalue weighted by molar-refractivity contribution is 0.0133. The van der Waals surface area contributed by atoms with Gasteiger partial charge in [0.15, 0.2) is 11.6 Å². The van der Waals surface area contributed by atoms with Crippen LogP contribution in [0.3, 0.4) is 0 Å². The van der Waals surface area contributed by atoms with Crippen molar-refractivity contribution in [1.82, 2.24) is 4.57 Å². The van der Waals surface area contributed by atoms with Crippen LogP contribution in [0.25, 0.3) is 10.9 Å². The Bertz CT molecular complexity index is 1350. The number of aromatic nitrogens is 1. The van der Waals surface area contributed by atoms with Gasteiger partial charge >= 0.3 is 5.97 Å². The van der Waals surface area contributed by atoms with E-state index in [1.54, 1.807) is 16.4 Å². The number of esters is 1. The smallest absolute Gasteiger partial charge is 0.343 e. The van der Waals surface area contributed by atoms with Crippen molar-refractivity contribution in [2.24, 2.45) is 0 Å². The first-order chi connectivity index (χ1) is 16.0. The molecular weight excluding hydrogens is 471 g/mol. The second-order valence-electron chi connectivity index (χ2n) is 9.15. The van der Waals surface area contributed by atoms with E-state index in [-0.39, 0.29) is 54.6 Å². The lowest BCUT2D eigenvalue weighted by atomic mass is 10.0. The lowest BCUT2D eigenvalue weighted by Gasteiger charge is -2.34. The summed E-state index contributed by atoms with van der Waals surface area (Å²) in [5.74, 6) is -1.33. The standard InChI is InChI=1S/C22H25FN2O8S/c1-3-31-21(27)15-8-24(12-4-5-12)17-14(19(15)26)6-16(23)18-20(17)32-9-13-7-22(28,10-25(13)18)11-33-34(2,29)30/h6,8,12-13,28H,3-5,7,9-11H2,1-2H3/t13-,22-/m0/s1. The number of anilines is 1. The van der Waals surface area contributed by atoms with Crippen molar-refractivity contribution in [1.29, 1.82) is 0 Å². The van der Waals surface area contributed by atoms with Gasteiger partial charge in [0.1, 0.15) is 23.5 Å². The molecule has 0 bridgehead atoms. The van der Waals surface area contributed by atoms with E-state index < -0.39 is 45.6 Å². The number of ether oxygens (including phenoxy) is 2. The van der Waals surface area contributed by atoms with E-state index in [1.807, 2.05) is 0 Å². The number of carbonyl (C=O) groups is 1. The van der Waals surface area contributed by atoms with Crippen LogP contribution in [0.2, 0.25) is 0 Å². The summed E-state index contributed by atoms with van der Waals surface area (Å²) >= 11 is 0. The fourth-order valence-electron chi connectivity index (χ4n) is 4.81. The SMILES string of the molecule is CCOC(=O)c1cn(C2CC2)c2c3c(c(F)cc2c1=O)N1C[C@](O)(COS(C)(=O)=O)C[C@H]1CO3. The number of hydrogen-bond donors (Lipinski definition) is 1. The average molecular weight is 497 g/mol. The van der Waals surface area contributed by atoms with Crippen LogP contribution in [0.15, 0.2) is 17.1 Å². The van der Waals surface area contributed by atoms with Gasteiger partial charge in [-0.25, -0.2) is 9.18 Å². The summed E-state index contributed by atoms with van der Waals surface area (Å²) in [6.07, 6.45) is 4.14. The van der Waals surface area contributed by atoms with Crippen LogP contribution in [-0.2, 0) is 19.0 Å². The Labute approximate surface area is 194 Å². The molecule has 184 valence electrons. The number of hydrogen-bond acceptors (Lipinski definition) is 9. The Hall–Kier alpha value is -2.70. The van der Waals surface area contributed by atoms with E-state index in [4.69, 9.17) is 13.7 Å². The van der Waals surface area contributed by atoms with Gasteiger partial charge in [-0.1, -0.05) is 0 Å². The molecule has 5 rings (SSSR count). The number of carbonyl (C=O) groups excluding carboxylic acids is 1. The molecule has 2 fully saturated rings. The molecule has 34 heavy (non-hydrogen) atoms. The highest BCUT2D eigenvalue weighted by molar-refractivity contribution is 7.85. The Morgan fingerprint density at radius 2 is 2.09 bits per heavy atom. The number of nitrogens with zero attached hydrogens (tertiary/aromatic N) is 2. The minimum absolute atomic E-state index is 0.0158. The maximum atomic E-state index is 15.5. The van der Waals surface area contributed by atoms with Crippen molar-refractivity contribution < 1.29 is 36.4 Å². The molecule has 3 heterocycles. The highest BCUT2D eigenvalue weighted by Crippen LogP contribution is 2.48. The molecule has 12 heteroatoms. The van der Waals surface area contributed by atoms with E-state index in [2.05, 4.69) is 0 Å². The molecule has 0 radical (unpaired) electrons. The number of pyridine rings is 1. The number of benzene rings is 1. The molecule has 2 atom stereocenters. The molecule has 0 spiro atoms. The van der Waals surface area contributed by atoms with Gasteiger partial charge in [-0.15, -0.1) is 0 Å². The first-order valence-corrected chi connectivity index (χ1v) is 12.9. The summed E-state index contributed by atoms with van der Waals surface area (Å²) in [5, 5.41) is 11.0. The van der Waals surface area contributed by atoms with Gasteiger partial charge in [0, 0.05) is 25.2 Å². The molecule has 2 aliphatic heterocycles. The van der Waals surface area contributed by atoms with Crippen molar-refractivity contribution in [3.8, 4) is 5.75 Å². The normalized spacial score (nSPS) is 24.0. The van der Waals surface area contributed by atoms with Crippen LogP contribution in [0, 0.1) is 5.82 Å². The number of aliphatic hydroxyl groups is 1. The predicted molar refractivity (Wildman–Crippen MR) is 119 cm³/mol. The summed E-state index contributed by atoms with van der Waals surface area (Å²) in [4.78, 5) is 27.1. The van der Waals surface area contributed by atoms with Gasteiger partial charge in [0.25, 0.3) is 10.1 Å². The number of rotatable bonds is 6. The zero-order valence-electron chi connectivity index (χ0n) is 18.7. The topological polar surface area (TPSA) is 124 Å². The molecule has 1 aromatic carbocycles.